The van der Waals surface area contributed by atoms with Crippen molar-refractivity contribution >= 4 is 11.9 Å². The van der Waals surface area contributed by atoms with Crippen molar-refractivity contribution in [3.8, 4) is 0 Å². The monoisotopic (exact) mass is 160 g/mol. The SMILES string of the molecule is NC(=O)C(O)CCN=C(N)N. The van der Waals surface area contributed by atoms with E-state index in [1.165, 1.54) is 0 Å². The Balaban J connectivity index is 3.55. The van der Waals surface area contributed by atoms with Crippen LogP contribution in [0, 0.1) is 0 Å². The average molecular weight is 160 g/mol. The highest BCUT2D eigenvalue weighted by Crippen LogP contribution is 1.89. The molecule has 64 valence electrons. The summed E-state index contributed by atoms with van der Waals surface area (Å²) < 4.78 is 0. The van der Waals surface area contributed by atoms with Crippen molar-refractivity contribution in [3.63, 3.8) is 0 Å². The summed E-state index contributed by atoms with van der Waals surface area (Å²) in [5.74, 6) is -0.836. The lowest BCUT2D eigenvalue weighted by Gasteiger charge is -2.02. The van der Waals surface area contributed by atoms with E-state index in [1.54, 1.807) is 0 Å². The zero-order valence-corrected chi connectivity index (χ0v) is 6.03. The summed E-state index contributed by atoms with van der Waals surface area (Å²) in [6.45, 7) is 0.201. The van der Waals surface area contributed by atoms with E-state index in [1.807, 2.05) is 0 Å². The van der Waals surface area contributed by atoms with Crippen molar-refractivity contribution in [1.29, 1.82) is 0 Å². The van der Waals surface area contributed by atoms with E-state index >= 15 is 0 Å². The third-order valence-electron chi connectivity index (χ3n) is 1.03. The van der Waals surface area contributed by atoms with Gasteiger partial charge in [-0.15, -0.1) is 0 Å². The molecule has 0 spiro atoms. The van der Waals surface area contributed by atoms with Crippen molar-refractivity contribution in [1.82, 2.24) is 0 Å². The van der Waals surface area contributed by atoms with Crippen molar-refractivity contribution < 1.29 is 9.90 Å². The number of aliphatic hydroxyl groups excluding tert-OH is 1. The van der Waals surface area contributed by atoms with Crippen LogP contribution in [0.2, 0.25) is 0 Å². The van der Waals surface area contributed by atoms with Gasteiger partial charge < -0.3 is 22.3 Å². The lowest BCUT2D eigenvalue weighted by atomic mass is 10.2. The summed E-state index contributed by atoms with van der Waals surface area (Å²) in [4.78, 5) is 13.8. The van der Waals surface area contributed by atoms with Crippen LogP contribution in [-0.4, -0.2) is 29.6 Å². The highest BCUT2D eigenvalue weighted by molar-refractivity contribution is 5.78. The maximum Gasteiger partial charge on any atom is 0.246 e. The van der Waals surface area contributed by atoms with Crippen LogP contribution in [-0.2, 0) is 4.79 Å². The zero-order chi connectivity index (χ0) is 8.85. The molecule has 0 aromatic rings. The maximum atomic E-state index is 10.2. The number of primary amides is 1. The quantitative estimate of drug-likeness (QED) is 0.267. The molecule has 0 saturated carbocycles. The number of aliphatic hydroxyl groups is 1. The highest BCUT2D eigenvalue weighted by atomic mass is 16.3. The number of nitrogens with two attached hydrogens (primary N) is 3. The molecule has 0 aromatic heterocycles. The molecule has 0 fully saturated rings. The molecule has 6 heteroatoms. The van der Waals surface area contributed by atoms with Crippen LogP contribution in [0.3, 0.4) is 0 Å². The summed E-state index contributed by atoms with van der Waals surface area (Å²) in [7, 11) is 0. The number of carbonyl (C=O) groups excluding carboxylic acids is 1. The molecule has 0 heterocycles. The molecule has 0 bridgehead atoms. The number of nitrogens with zero attached hydrogens (tertiary/aromatic N) is 1. The van der Waals surface area contributed by atoms with Crippen LogP contribution in [0.4, 0.5) is 0 Å². The molecule has 11 heavy (non-hydrogen) atoms. The summed E-state index contributed by atoms with van der Waals surface area (Å²) in [6.07, 6.45) is -1.02. The second-order valence-electron chi connectivity index (χ2n) is 2.01. The number of guanidine groups is 1. The van der Waals surface area contributed by atoms with E-state index < -0.39 is 12.0 Å². The van der Waals surface area contributed by atoms with Crippen molar-refractivity contribution in [2.45, 2.75) is 12.5 Å². The summed E-state index contributed by atoms with van der Waals surface area (Å²) >= 11 is 0. The number of rotatable bonds is 4. The zero-order valence-electron chi connectivity index (χ0n) is 6.03. The van der Waals surface area contributed by atoms with E-state index in [0.717, 1.165) is 0 Å². The Bertz CT molecular complexity index is 164. The molecule has 1 unspecified atom stereocenters. The summed E-state index contributed by atoms with van der Waals surface area (Å²) in [5, 5.41) is 8.81. The number of hydrogen-bond donors (Lipinski definition) is 4. The Kier molecular flexibility index (Phi) is 3.97. The smallest absolute Gasteiger partial charge is 0.246 e. The van der Waals surface area contributed by atoms with E-state index in [-0.39, 0.29) is 18.9 Å². The molecule has 0 aromatic carbocycles. The normalized spacial score (nSPS) is 12.1. The van der Waals surface area contributed by atoms with Gasteiger partial charge >= 0.3 is 0 Å². The molecule has 0 aliphatic heterocycles. The summed E-state index contributed by atoms with van der Waals surface area (Å²) in [5.41, 5.74) is 14.7. The molecule has 7 N–H and O–H groups in total. The fourth-order valence-electron chi connectivity index (χ4n) is 0.458. The number of aliphatic imine (C=N–C) groups is 1. The first-order valence-electron chi connectivity index (χ1n) is 3.07. The topological polar surface area (TPSA) is 128 Å². The van der Waals surface area contributed by atoms with Crippen LogP contribution in [0.15, 0.2) is 4.99 Å². The minimum atomic E-state index is -1.17. The molecular formula is C5H12N4O2. The minimum absolute atomic E-state index is 0.0679. The number of hydrogen-bond acceptors (Lipinski definition) is 3. The molecule has 0 rings (SSSR count). The fraction of sp³-hybridized carbons (Fsp3) is 0.600. The third kappa shape index (κ3) is 5.16. The predicted molar refractivity (Wildman–Crippen MR) is 40.5 cm³/mol. The van der Waals surface area contributed by atoms with Gasteiger partial charge in [-0.1, -0.05) is 0 Å². The maximum absolute atomic E-state index is 10.2. The van der Waals surface area contributed by atoms with Gasteiger partial charge in [0.25, 0.3) is 0 Å². The third-order valence-corrected chi connectivity index (χ3v) is 1.03. The van der Waals surface area contributed by atoms with Crippen LogP contribution in [0.5, 0.6) is 0 Å². The van der Waals surface area contributed by atoms with Gasteiger partial charge in [-0.25, -0.2) is 0 Å². The van der Waals surface area contributed by atoms with Gasteiger partial charge in [0.05, 0.1) is 0 Å². The lowest BCUT2D eigenvalue weighted by molar-refractivity contribution is -0.126. The number of amides is 1. The largest absolute Gasteiger partial charge is 0.383 e. The average Bonchev–Trinajstić information content (AvgIpc) is 1.86. The highest BCUT2D eigenvalue weighted by Gasteiger charge is 2.08. The Morgan fingerprint density at radius 2 is 2.00 bits per heavy atom. The van der Waals surface area contributed by atoms with Crippen molar-refractivity contribution in [3.05, 3.63) is 0 Å². The van der Waals surface area contributed by atoms with E-state index in [2.05, 4.69) is 4.99 Å². The Labute approximate surface area is 64.1 Å². The van der Waals surface area contributed by atoms with Crippen LogP contribution < -0.4 is 17.2 Å². The lowest BCUT2D eigenvalue weighted by Crippen LogP contribution is -2.29. The Morgan fingerprint density at radius 3 is 2.36 bits per heavy atom. The molecule has 1 amide bonds. The Morgan fingerprint density at radius 1 is 1.45 bits per heavy atom. The summed E-state index contributed by atoms with van der Waals surface area (Å²) in [6, 6.07) is 0. The van der Waals surface area contributed by atoms with Crippen LogP contribution in [0.25, 0.3) is 0 Å². The fourth-order valence-corrected chi connectivity index (χ4v) is 0.458. The first-order valence-corrected chi connectivity index (χ1v) is 3.07. The van der Waals surface area contributed by atoms with Gasteiger partial charge in [0, 0.05) is 13.0 Å². The van der Waals surface area contributed by atoms with E-state index in [0.29, 0.717) is 0 Å². The molecule has 6 nitrogen and oxygen atoms in total. The predicted octanol–water partition coefficient (Wildman–Crippen LogP) is -2.50. The van der Waals surface area contributed by atoms with E-state index in [4.69, 9.17) is 22.3 Å². The van der Waals surface area contributed by atoms with Crippen molar-refractivity contribution in [2.24, 2.45) is 22.2 Å². The van der Waals surface area contributed by atoms with Gasteiger partial charge in [0.1, 0.15) is 6.10 Å². The molecule has 0 aliphatic carbocycles. The Hall–Kier alpha value is -1.30. The van der Waals surface area contributed by atoms with E-state index in [9.17, 15) is 4.79 Å². The first-order chi connectivity index (χ1) is 5.04. The second-order valence-corrected chi connectivity index (χ2v) is 2.01. The van der Waals surface area contributed by atoms with Gasteiger partial charge in [-0.3, -0.25) is 9.79 Å². The molecule has 0 radical (unpaired) electrons. The number of carbonyl (C=O) groups is 1. The van der Waals surface area contributed by atoms with Gasteiger partial charge in [0.15, 0.2) is 5.96 Å². The standard InChI is InChI=1S/C5H12N4O2/c6-4(11)3(10)1-2-9-5(7)8/h3,10H,1-2H2,(H2,6,11)(H4,7,8,9). The van der Waals surface area contributed by atoms with Crippen LogP contribution in [0.1, 0.15) is 6.42 Å². The molecular weight excluding hydrogens is 148 g/mol. The minimum Gasteiger partial charge on any atom is -0.383 e. The molecule has 1 atom stereocenters. The molecule has 0 saturated heterocycles. The first kappa shape index (κ1) is 9.70. The second kappa shape index (κ2) is 4.51. The van der Waals surface area contributed by atoms with Gasteiger partial charge in [0.2, 0.25) is 5.91 Å². The van der Waals surface area contributed by atoms with Crippen LogP contribution >= 0.6 is 0 Å². The molecule has 0 aliphatic rings. The van der Waals surface area contributed by atoms with Crippen molar-refractivity contribution in [2.75, 3.05) is 6.54 Å². The van der Waals surface area contributed by atoms with Gasteiger partial charge in [-0.2, -0.15) is 0 Å². The van der Waals surface area contributed by atoms with Gasteiger partial charge in [-0.05, 0) is 0 Å².